The maximum absolute atomic E-state index is 12.6. The number of sulfonamides is 1. The summed E-state index contributed by atoms with van der Waals surface area (Å²) in [6, 6.07) is 3.53. The van der Waals surface area contributed by atoms with Crippen LogP contribution in [0.25, 0.3) is 0 Å². The lowest BCUT2D eigenvalue weighted by Gasteiger charge is -2.16. The Labute approximate surface area is 183 Å². The fraction of sp³-hybridized carbons (Fsp3) is 0.312. The van der Waals surface area contributed by atoms with E-state index in [0.717, 1.165) is 0 Å². The maximum Gasteiger partial charge on any atom is 0.264 e. The van der Waals surface area contributed by atoms with Crippen LogP contribution in [-0.4, -0.2) is 62.2 Å². The Hall–Kier alpha value is -1.79. The van der Waals surface area contributed by atoms with Crippen LogP contribution in [0.1, 0.15) is 0 Å². The Bertz CT molecular complexity index is 1000. The number of halogens is 2. The molecule has 0 aliphatic carbocycles. The summed E-state index contributed by atoms with van der Waals surface area (Å²) in [6.45, 7) is 0. The van der Waals surface area contributed by atoms with Gasteiger partial charge in [-0.15, -0.1) is 11.8 Å². The molecule has 2 rings (SSSR count). The van der Waals surface area contributed by atoms with E-state index < -0.39 is 16.1 Å². The lowest BCUT2D eigenvalue weighted by molar-refractivity contribution is -0.129. The van der Waals surface area contributed by atoms with Gasteiger partial charge in [0.1, 0.15) is 9.92 Å². The second-order valence-corrected chi connectivity index (χ2v) is 9.35. The Balaban J connectivity index is 2.20. The number of rotatable bonds is 8. The standard InChI is InChI=1S/C16H19Cl2N5O4S2/c1-23(2)16(24)10(19)8-28-12-7-20-14(15(21-12)27-3)22-29(25,26)11-6-4-5-9(17)13(11)18/h4-7,10H,8,19H2,1-3H3,(H,20,22)/t10-/m0/s1. The summed E-state index contributed by atoms with van der Waals surface area (Å²) in [6.07, 6.45) is 1.34. The number of carbonyl (C=O) groups is 1. The van der Waals surface area contributed by atoms with Gasteiger partial charge in [-0.25, -0.2) is 18.4 Å². The number of thioether (sulfide) groups is 1. The molecule has 9 nitrogen and oxygen atoms in total. The van der Waals surface area contributed by atoms with Crippen molar-refractivity contribution in [1.29, 1.82) is 0 Å². The van der Waals surface area contributed by atoms with E-state index in [1.165, 1.54) is 48.2 Å². The van der Waals surface area contributed by atoms with Crippen LogP contribution in [0.4, 0.5) is 5.82 Å². The van der Waals surface area contributed by atoms with Crippen molar-refractivity contribution >= 4 is 56.7 Å². The number of hydrogen-bond acceptors (Lipinski definition) is 8. The number of hydrogen-bond donors (Lipinski definition) is 2. The second-order valence-electron chi connectivity index (χ2n) is 5.87. The molecule has 1 aromatic heterocycles. The number of nitrogens with one attached hydrogen (secondary N) is 1. The quantitative estimate of drug-likeness (QED) is 0.550. The van der Waals surface area contributed by atoms with Crippen LogP contribution >= 0.6 is 35.0 Å². The highest BCUT2D eigenvalue weighted by Gasteiger charge is 2.23. The average molecular weight is 480 g/mol. The SMILES string of the molecule is COc1nc(SC[C@H](N)C(=O)N(C)C)cnc1NS(=O)(=O)c1cccc(Cl)c1Cl. The van der Waals surface area contributed by atoms with Crippen molar-refractivity contribution in [2.75, 3.05) is 31.7 Å². The van der Waals surface area contributed by atoms with E-state index in [4.69, 9.17) is 33.7 Å². The molecular formula is C16H19Cl2N5O4S2. The van der Waals surface area contributed by atoms with Gasteiger partial charge in [0.2, 0.25) is 11.7 Å². The van der Waals surface area contributed by atoms with E-state index in [0.29, 0.717) is 5.03 Å². The van der Waals surface area contributed by atoms with Gasteiger partial charge < -0.3 is 15.4 Å². The summed E-state index contributed by atoms with van der Waals surface area (Å²) >= 11 is 13.1. The van der Waals surface area contributed by atoms with Crippen LogP contribution in [-0.2, 0) is 14.8 Å². The molecule has 13 heteroatoms. The summed E-state index contributed by atoms with van der Waals surface area (Å²) in [5, 5.41) is 0.399. The third-order valence-corrected chi connectivity index (χ3v) is 6.85. The Morgan fingerprint density at radius 3 is 2.69 bits per heavy atom. The summed E-state index contributed by atoms with van der Waals surface area (Å²) in [5.41, 5.74) is 5.83. The first-order chi connectivity index (χ1) is 13.6. The number of carbonyl (C=O) groups excluding carboxylic acids is 1. The monoisotopic (exact) mass is 479 g/mol. The normalized spacial score (nSPS) is 12.3. The van der Waals surface area contributed by atoms with Crippen molar-refractivity contribution in [1.82, 2.24) is 14.9 Å². The zero-order valence-electron chi connectivity index (χ0n) is 15.7. The van der Waals surface area contributed by atoms with Crippen LogP contribution in [0.5, 0.6) is 5.88 Å². The van der Waals surface area contributed by atoms with E-state index in [2.05, 4.69) is 14.7 Å². The van der Waals surface area contributed by atoms with E-state index in [1.807, 2.05) is 0 Å². The number of nitrogens with two attached hydrogens (primary N) is 1. The minimum Gasteiger partial charge on any atom is -0.478 e. The first-order valence-corrected chi connectivity index (χ1v) is 11.3. The third-order valence-electron chi connectivity index (χ3n) is 3.52. The fourth-order valence-electron chi connectivity index (χ4n) is 2.09. The molecule has 0 saturated carbocycles. The molecule has 3 N–H and O–H groups in total. The Kier molecular flexibility index (Phi) is 7.94. The van der Waals surface area contributed by atoms with Crippen molar-refractivity contribution < 1.29 is 17.9 Å². The van der Waals surface area contributed by atoms with Crippen molar-refractivity contribution in [3.8, 4) is 5.88 Å². The van der Waals surface area contributed by atoms with Gasteiger partial charge in [-0.3, -0.25) is 9.52 Å². The maximum atomic E-state index is 12.6. The summed E-state index contributed by atoms with van der Waals surface area (Å²) < 4.78 is 32.7. The zero-order valence-corrected chi connectivity index (χ0v) is 18.9. The number of aromatic nitrogens is 2. The molecule has 0 aliphatic rings. The molecule has 1 aromatic carbocycles. The van der Waals surface area contributed by atoms with Crippen LogP contribution in [0, 0.1) is 0 Å². The summed E-state index contributed by atoms with van der Waals surface area (Å²) in [4.78, 5) is 21.3. The van der Waals surface area contributed by atoms with Crippen molar-refractivity contribution in [3.05, 3.63) is 34.4 Å². The van der Waals surface area contributed by atoms with Crippen LogP contribution in [0.2, 0.25) is 10.0 Å². The van der Waals surface area contributed by atoms with Gasteiger partial charge in [-0.1, -0.05) is 29.3 Å². The minimum atomic E-state index is -4.08. The first kappa shape index (κ1) is 23.5. The van der Waals surface area contributed by atoms with Gasteiger partial charge in [0.15, 0.2) is 0 Å². The number of benzene rings is 1. The van der Waals surface area contributed by atoms with Gasteiger partial charge in [-0.05, 0) is 12.1 Å². The van der Waals surface area contributed by atoms with Gasteiger partial charge in [0.05, 0.1) is 29.4 Å². The molecule has 2 aromatic rings. The fourth-order valence-corrected chi connectivity index (χ4v) is 4.63. The molecular weight excluding hydrogens is 461 g/mol. The molecule has 29 heavy (non-hydrogen) atoms. The average Bonchev–Trinajstić information content (AvgIpc) is 2.67. The minimum absolute atomic E-state index is 0.0516. The molecule has 0 bridgehead atoms. The first-order valence-electron chi connectivity index (χ1n) is 8.04. The second kappa shape index (κ2) is 9.81. The predicted octanol–water partition coefficient (Wildman–Crippen LogP) is 2.10. The molecule has 1 heterocycles. The number of nitrogens with zero attached hydrogens (tertiary/aromatic N) is 3. The van der Waals surface area contributed by atoms with Crippen molar-refractivity contribution in [2.45, 2.75) is 16.0 Å². The van der Waals surface area contributed by atoms with Crippen LogP contribution < -0.4 is 15.2 Å². The number of methoxy groups -OCH3 is 1. The molecule has 0 spiro atoms. The number of ether oxygens (including phenoxy) is 1. The van der Waals surface area contributed by atoms with Crippen molar-refractivity contribution in [2.24, 2.45) is 5.73 Å². The summed E-state index contributed by atoms with van der Waals surface area (Å²) in [7, 11) is 0.467. The molecule has 1 atom stereocenters. The highest BCUT2D eigenvalue weighted by molar-refractivity contribution is 7.99. The van der Waals surface area contributed by atoms with E-state index in [-0.39, 0.29) is 38.3 Å². The Morgan fingerprint density at radius 1 is 1.38 bits per heavy atom. The van der Waals surface area contributed by atoms with E-state index >= 15 is 0 Å². The largest absolute Gasteiger partial charge is 0.478 e. The van der Waals surface area contributed by atoms with E-state index in [9.17, 15) is 13.2 Å². The van der Waals surface area contributed by atoms with E-state index in [1.54, 1.807) is 14.1 Å². The third kappa shape index (κ3) is 5.86. The highest BCUT2D eigenvalue weighted by Crippen LogP contribution is 2.31. The van der Waals surface area contributed by atoms with Crippen LogP contribution in [0.15, 0.2) is 34.3 Å². The molecule has 0 radical (unpaired) electrons. The number of anilines is 1. The topological polar surface area (TPSA) is 128 Å². The lowest BCUT2D eigenvalue weighted by Crippen LogP contribution is -2.41. The van der Waals surface area contributed by atoms with Gasteiger partial charge >= 0.3 is 0 Å². The van der Waals surface area contributed by atoms with Gasteiger partial charge in [0.25, 0.3) is 15.9 Å². The van der Waals surface area contributed by atoms with Gasteiger partial charge in [0, 0.05) is 19.8 Å². The van der Waals surface area contributed by atoms with Gasteiger partial charge in [-0.2, -0.15) is 0 Å². The predicted molar refractivity (Wildman–Crippen MR) is 113 cm³/mol. The smallest absolute Gasteiger partial charge is 0.264 e. The molecule has 158 valence electrons. The zero-order chi connectivity index (χ0) is 21.8. The molecule has 1 amide bonds. The molecule has 0 fully saturated rings. The number of amides is 1. The molecule has 0 unspecified atom stereocenters. The molecule has 0 saturated heterocycles. The number of likely N-dealkylation sites (N-methyl/N-ethyl adjacent to an activating group) is 1. The Morgan fingerprint density at radius 2 is 2.07 bits per heavy atom. The highest BCUT2D eigenvalue weighted by atomic mass is 35.5. The lowest BCUT2D eigenvalue weighted by atomic mass is 10.3. The summed E-state index contributed by atoms with van der Waals surface area (Å²) in [5.74, 6) is -0.135. The molecule has 0 aliphatic heterocycles. The van der Waals surface area contributed by atoms with Crippen molar-refractivity contribution in [3.63, 3.8) is 0 Å². The van der Waals surface area contributed by atoms with Crippen LogP contribution in [0.3, 0.4) is 0 Å².